The fourth-order valence-electron chi connectivity index (χ4n) is 2.54. The van der Waals surface area contributed by atoms with Crippen LogP contribution in [-0.2, 0) is 6.42 Å². The summed E-state index contributed by atoms with van der Waals surface area (Å²) in [5, 5.41) is 0. The van der Waals surface area contributed by atoms with E-state index in [1.54, 1.807) is 6.20 Å². The molecule has 2 nitrogen and oxygen atoms in total. The second kappa shape index (κ2) is 5.48. The number of hydrogen-bond acceptors (Lipinski definition) is 2. The molecule has 2 aromatic rings. The minimum Gasteiger partial charge on any atom is -0.289 e. The molecule has 3 rings (SSSR count). The Labute approximate surface area is 132 Å². The zero-order valence-electron chi connectivity index (χ0n) is 11.2. The zero-order valence-corrected chi connectivity index (χ0v) is 13.3. The Hall–Kier alpha value is -1.49. The summed E-state index contributed by atoms with van der Waals surface area (Å²) in [5.41, 5.74) is 5.21. The molecule has 0 spiro atoms. The Bertz CT molecular complexity index is 719. The third-order valence-electron chi connectivity index (χ3n) is 3.59. The zero-order chi connectivity index (χ0) is 14.1. The van der Waals surface area contributed by atoms with E-state index < -0.39 is 0 Å². The molecule has 1 aliphatic carbocycles. The molecule has 0 fully saturated rings. The number of carbonyl (C=O) groups is 1. The summed E-state index contributed by atoms with van der Waals surface area (Å²) >= 11 is 2.25. The van der Waals surface area contributed by atoms with Gasteiger partial charge in [-0.2, -0.15) is 0 Å². The van der Waals surface area contributed by atoms with Gasteiger partial charge in [-0.25, -0.2) is 0 Å². The number of benzene rings is 1. The van der Waals surface area contributed by atoms with Crippen molar-refractivity contribution in [2.45, 2.75) is 19.8 Å². The molecule has 100 valence electrons. The van der Waals surface area contributed by atoms with Crippen LogP contribution in [0.4, 0.5) is 0 Å². The lowest BCUT2D eigenvalue weighted by Gasteiger charge is -2.18. The topological polar surface area (TPSA) is 30.0 Å². The highest BCUT2D eigenvalue weighted by atomic mass is 127. The molecule has 0 saturated heterocycles. The van der Waals surface area contributed by atoms with Crippen molar-refractivity contribution < 1.29 is 4.79 Å². The van der Waals surface area contributed by atoms with Crippen molar-refractivity contribution in [3.8, 4) is 0 Å². The summed E-state index contributed by atoms with van der Waals surface area (Å²) < 4.78 is 1.07. The summed E-state index contributed by atoms with van der Waals surface area (Å²) in [7, 11) is 0. The van der Waals surface area contributed by atoms with Gasteiger partial charge in [-0.05, 0) is 65.6 Å². The van der Waals surface area contributed by atoms with Crippen LogP contribution in [0.5, 0.6) is 0 Å². The van der Waals surface area contributed by atoms with Gasteiger partial charge >= 0.3 is 0 Å². The second-order valence-electron chi connectivity index (χ2n) is 5.06. The van der Waals surface area contributed by atoms with Gasteiger partial charge < -0.3 is 0 Å². The largest absolute Gasteiger partial charge is 0.289 e. The van der Waals surface area contributed by atoms with Crippen LogP contribution in [0.25, 0.3) is 6.08 Å². The van der Waals surface area contributed by atoms with Crippen LogP contribution in [0, 0.1) is 10.5 Å². The maximum atomic E-state index is 12.6. The predicted octanol–water partition coefficient (Wildman–Crippen LogP) is 4.21. The molecular formula is C17H14INO. The lowest BCUT2D eigenvalue weighted by Crippen LogP contribution is -2.14. The average Bonchev–Trinajstić information content (AvgIpc) is 2.44. The predicted molar refractivity (Wildman–Crippen MR) is 88.8 cm³/mol. The molecular weight excluding hydrogens is 361 g/mol. The number of carbonyl (C=O) groups excluding carboxylic acids is 1. The van der Waals surface area contributed by atoms with E-state index in [-0.39, 0.29) is 5.78 Å². The first-order valence-electron chi connectivity index (χ1n) is 6.59. The molecule has 0 radical (unpaired) electrons. The quantitative estimate of drug-likeness (QED) is 0.552. The van der Waals surface area contributed by atoms with Crippen molar-refractivity contribution in [1.82, 2.24) is 4.98 Å². The lowest BCUT2D eigenvalue weighted by atomic mass is 9.85. The summed E-state index contributed by atoms with van der Waals surface area (Å²) in [6, 6.07) is 8.04. The molecule has 0 atom stereocenters. The monoisotopic (exact) mass is 375 g/mol. The van der Waals surface area contributed by atoms with E-state index in [9.17, 15) is 4.79 Å². The van der Waals surface area contributed by atoms with Crippen LogP contribution in [0.3, 0.4) is 0 Å². The first kappa shape index (κ1) is 13.5. The third kappa shape index (κ3) is 2.54. The van der Waals surface area contributed by atoms with E-state index in [4.69, 9.17) is 0 Å². The smallest absolute Gasteiger partial charge is 0.189 e. The molecule has 0 aliphatic heterocycles. The third-order valence-corrected chi connectivity index (χ3v) is 4.50. The van der Waals surface area contributed by atoms with Crippen LogP contribution in [-0.4, -0.2) is 10.8 Å². The van der Waals surface area contributed by atoms with E-state index in [0.717, 1.165) is 33.1 Å². The Kier molecular flexibility index (Phi) is 3.70. The molecule has 3 heteroatoms. The fourth-order valence-corrected chi connectivity index (χ4v) is 3.03. The average molecular weight is 375 g/mol. The van der Waals surface area contributed by atoms with Gasteiger partial charge in [-0.3, -0.25) is 9.78 Å². The van der Waals surface area contributed by atoms with Crippen molar-refractivity contribution in [2.75, 3.05) is 0 Å². The van der Waals surface area contributed by atoms with E-state index in [2.05, 4.69) is 40.6 Å². The molecule has 20 heavy (non-hydrogen) atoms. The highest BCUT2D eigenvalue weighted by molar-refractivity contribution is 14.1. The van der Waals surface area contributed by atoms with Gasteiger partial charge in [0.1, 0.15) is 0 Å². The number of Topliss-reactive ketones (excluding diaryl/α,β-unsaturated/α-hetero) is 1. The highest BCUT2D eigenvalue weighted by Crippen LogP contribution is 2.28. The Morgan fingerprint density at radius 3 is 2.90 bits per heavy atom. The van der Waals surface area contributed by atoms with Crippen molar-refractivity contribution in [1.29, 1.82) is 0 Å². The number of aryl methyl sites for hydroxylation is 2. The first-order chi connectivity index (χ1) is 9.65. The van der Waals surface area contributed by atoms with E-state index in [0.29, 0.717) is 0 Å². The number of ketones is 1. The number of halogens is 1. The molecule has 1 aromatic heterocycles. The number of allylic oxidation sites excluding steroid dienone is 1. The van der Waals surface area contributed by atoms with Crippen LogP contribution < -0.4 is 0 Å². The molecule has 0 N–H and O–H groups in total. The summed E-state index contributed by atoms with van der Waals surface area (Å²) in [5.74, 6) is 0.166. The van der Waals surface area contributed by atoms with Gasteiger partial charge in [0.2, 0.25) is 0 Å². The van der Waals surface area contributed by atoms with Gasteiger partial charge in [0, 0.05) is 27.1 Å². The van der Waals surface area contributed by atoms with E-state index in [1.165, 1.54) is 11.1 Å². The van der Waals surface area contributed by atoms with Gasteiger partial charge in [0.15, 0.2) is 5.78 Å². The maximum Gasteiger partial charge on any atom is 0.189 e. The molecule has 0 unspecified atom stereocenters. The highest BCUT2D eigenvalue weighted by Gasteiger charge is 2.21. The minimum absolute atomic E-state index is 0.166. The number of nitrogens with zero attached hydrogens (tertiary/aromatic N) is 1. The van der Waals surface area contributed by atoms with E-state index in [1.807, 2.05) is 30.5 Å². The fraction of sp³-hybridized carbons (Fsp3) is 0.176. The number of rotatable bonds is 1. The van der Waals surface area contributed by atoms with E-state index >= 15 is 0 Å². The number of aromatic nitrogens is 1. The maximum absolute atomic E-state index is 12.6. The molecule has 1 aliphatic rings. The van der Waals surface area contributed by atoms with Crippen molar-refractivity contribution >= 4 is 34.5 Å². The Morgan fingerprint density at radius 1 is 1.25 bits per heavy atom. The first-order valence-corrected chi connectivity index (χ1v) is 7.67. The van der Waals surface area contributed by atoms with Crippen molar-refractivity contribution in [3.05, 3.63) is 68.1 Å². The molecule has 1 heterocycles. The van der Waals surface area contributed by atoms with Crippen LogP contribution in [0.2, 0.25) is 0 Å². The van der Waals surface area contributed by atoms with Crippen LogP contribution >= 0.6 is 22.6 Å². The normalized spacial score (nSPS) is 16.3. The molecule has 0 amide bonds. The second-order valence-corrected chi connectivity index (χ2v) is 6.22. The number of pyridine rings is 1. The summed E-state index contributed by atoms with van der Waals surface area (Å²) in [6.07, 6.45) is 7.34. The Balaban J connectivity index is 2.00. The van der Waals surface area contributed by atoms with Gasteiger partial charge in [0.05, 0.1) is 0 Å². The number of hydrogen-bond donors (Lipinski definition) is 0. The number of fused-ring (bicyclic) bond motifs is 1. The molecule has 0 saturated carbocycles. The van der Waals surface area contributed by atoms with Crippen LogP contribution in [0.1, 0.15) is 33.5 Å². The minimum atomic E-state index is 0.166. The standard InChI is InChI=1S/C17H14INO/c1-11-2-5-15-12(8-11)3-4-14(17(15)20)9-13-6-7-19-10-16(13)18/h2,5-10H,3-4H2,1H3/b14-9+. The van der Waals surface area contributed by atoms with Crippen LogP contribution in [0.15, 0.2) is 42.2 Å². The lowest BCUT2D eigenvalue weighted by molar-refractivity contribution is 0.102. The van der Waals surface area contributed by atoms with Gasteiger partial charge in [-0.1, -0.05) is 23.8 Å². The molecule has 1 aromatic carbocycles. The van der Waals surface area contributed by atoms with Crippen molar-refractivity contribution in [3.63, 3.8) is 0 Å². The van der Waals surface area contributed by atoms with Crippen molar-refractivity contribution in [2.24, 2.45) is 0 Å². The summed E-state index contributed by atoms with van der Waals surface area (Å²) in [4.78, 5) is 16.6. The van der Waals surface area contributed by atoms with Gasteiger partial charge in [-0.15, -0.1) is 0 Å². The SMILES string of the molecule is Cc1ccc2c(c1)CC/C(=C\c1ccncc1I)C2=O. The molecule has 0 bridgehead atoms. The van der Waals surface area contributed by atoms with Gasteiger partial charge in [0.25, 0.3) is 0 Å². The summed E-state index contributed by atoms with van der Waals surface area (Å²) in [6.45, 7) is 2.06. The Morgan fingerprint density at radius 2 is 2.10 bits per heavy atom.